The van der Waals surface area contributed by atoms with Crippen molar-refractivity contribution < 1.29 is 0 Å². The van der Waals surface area contributed by atoms with Crippen LogP contribution in [-0.2, 0) is 12.8 Å². The molecule has 0 spiro atoms. The number of hydrogen-bond acceptors (Lipinski definition) is 1. The van der Waals surface area contributed by atoms with Gasteiger partial charge in [-0.2, -0.15) is 0 Å². The Hall–Kier alpha value is -1.60. The van der Waals surface area contributed by atoms with Crippen molar-refractivity contribution in [2.24, 2.45) is 5.92 Å². The molecule has 0 bridgehead atoms. The van der Waals surface area contributed by atoms with Crippen molar-refractivity contribution in [3.8, 4) is 0 Å². The van der Waals surface area contributed by atoms with Crippen LogP contribution in [0.15, 0.2) is 54.6 Å². The molecule has 0 amide bonds. The zero-order valence-corrected chi connectivity index (χ0v) is 15.0. The first-order chi connectivity index (χ1) is 11.0. The van der Waals surface area contributed by atoms with Crippen molar-refractivity contribution in [2.75, 3.05) is 6.54 Å². The second kappa shape index (κ2) is 8.88. The Morgan fingerprint density at radius 3 is 1.96 bits per heavy atom. The topological polar surface area (TPSA) is 12.0 Å². The van der Waals surface area contributed by atoms with Gasteiger partial charge in [-0.1, -0.05) is 75.4 Å². The molecule has 2 unspecified atom stereocenters. The Balaban J connectivity index is 1.80. The average Bonchev–Trinajstić information content (AvgIpc) is 2.54. The van der Waals surface area contributed by atoms with Gasteiger partial charge in [0, 0.05) is 12.6 Å². The summed E-state index contributed by atoms with van der Waals surface area (Å²) in [5, 5.41) is 3.68. The molecule has 0 fully saturated rings. The monoisotopic (exact) mass is 309 g/mol. The van der Waals surface area contributed by atoms with Crippen LogP contribution in [0.2, 0.25) is 0 Å². The maximum absolute atomic E-state index is 3.68. The van der Waals surface area contributed by atoms with E-state index in [1.165, 1.54) is 23.1 Å². The maximum Gasteiger partial charge on any atom is 0.00793 e. The van der Waals surface area contributed by atoms with Crippen LogP contribution in [-0.4, -0.2) is 12.6 Å². The Labute approximate surface area is 142 Å². The highest BCUT2D eigenvalue weighted by Gasteiger charge is 2.09. The van der Waals surface area contributed by atoms with Gasteiger partial charge < -0.3 is 5.32 Å². The van der Waals surface area contributed by atoms with Gasteiger partial charge in [-0.3, -0.25) is 0 Å². The molecule has 124 valence electrons. The van der Waals surface area contributed by atoms with Crippen molar-refractivity contribution in [3.63, 3.8) is 0 Å². The lowest BCUT2D eigenvalue weighted by molar-refractivity contribution is 0.516. The van der Waals surface area contributed by atoms with Gasteiger partial charge in [0.25, 0.3) is 0 Å². The summed E-state index contributed by atoms with van der Waals surface area (Å²) in [7, 11) is 0. The maximum atomic E-state index is 3.68. The lowest BCUT2D eigenvalue weighted by atomic mass is 9.96. The molecule has 0 aliphatic carbocycles. The molecule has 0 aromatic heterocycles. The number of nitrogens with one attached hydrogen (secondary N) is 1. The number of rotatable bonds is 8. The minimum Gasteiger partial charge on any atom is -0.313 e. The van der Waals surface area contributed by atoms with Gasteiger partial charge in [0.1, 0.15) is 0 Å². The Bertz CT molecular complexity index is 556. The third-order valence-corrected chi connectivity index (χ3v) is 4.35. The minimum atomic E-state index is 0.500. The van der Waals surface area contributed by atoms with Crippen LogP contribution >= 0.6 is 0 Å². The van der Waals surface area contributed by atoms with Gasteiger partial charge >= 0.3 is 0 Å². The fraction of sp³-hybridized carbons (Fsp3) is 0.455. The highest BCUT2D eigenvalue weighted by atomic mass is 14.9. The molecule has 2 aromatic carbocycles. The van der Waals surface area contributed by atoms with Gasteiger partial charge in [-0.25, -0.2) is 0 Å². The van der Waals surface area contributed by atoms with Crippen molar-refractivity contribution in [2.45, 2.75) is 52.5 Å². The summed E-state index contributed by atoms with van der Waals surface area (Å²) in [6, 6.07) is 20.4. The van der Waals surface area contributed by atoms with Crippen molar-refractivity contribution in [1.82, 2.24) is 5.32 Å². The highest BCUT2D eigenvalue weighted by Crippen LogP contribution is 2.17. The molecular weight excluding hydrogens is 278 g/mol. The normalized spacial score (nSPS) is 14.0. The first kappa shape index (κ1) is 17.7. The van der Waals surface area contributed by atoms with Crippen LogP contribution in [0.25, 0.3) is 0 Å². The predicted octanol–water partition coefficient (Wildman–Crippen LogP) is 5.21. The zero-order chi connectivity index (χ0) is 16.7. The number of hydrogen-bond donors (Lipinski definition) is 1. The highest BCUT2D eigenvalue weighted by molar-refractivity contribution is 5.25. The van der Waals surface area contributed by atoms with Crippen LogP contribution in [0.4, 0.5) is 0 Å². The third kappa shape index (κ3) is 6.19. The summed E-state index contributed by atoms with van der Waals surface area (Å²) in [5.41, 5.74) is 4.27. The van der Waals surface area contributed by atoms with Crippen molar-refractivity contribution >= 4 is 0 Å². The van der Waals surface area contributed by atoms with Gasteiger partial charge in [0.05, 0.1) is 0 Å². The lowest BCUT2D eigenvalue weighted by Gasteiger charge is -2.18. The van der Waals surface area contributed by atoms with Crippen molar-refractivity contribution in [3.05, 3.63) is 71.3 Å². The SMILES string of the molecule is CC(C)Cc1ccc(C(C)CNC(C)Cc2ccccc2)cc1. The molecule has 0 radical (unpaired) electrons. The Morgan fingerprint density at radius 1 is 0.739 bits per heavy atom. The van der Waals surface area contributed by atoms with E-state index >= 15 is 0 Å². The summed E-state index contributed by atoms with van der Waals surface area (Å²) in [6.07, 6.45) is 2.25. The Morgan fingerprint density at radius 2 is 1.35 bits per heavy atom. The molecular formula is C22H31N. The first-order valence-electron chi connectivity index (χ1n) is 8.90. The van der Waals surface area contributed by atoms with E-state index in [9.17, 15) is 0 Å². The molecule has 1 N–H and O–H groups in total. The summed E-state index contributed by atoms with van der Waals surface area (Å²) in [5.74, 6) is 1.26. The zero-order valence-electron chi connectivity index (χ0n) is 15.0. The molecule has 2 rings (SSSR count). The second-order valence-corrected chi connectivity index (χ2v) is 7.24. The van der Waals surface area contributed by atoms with E-state index < -0.39 is 0 Å². The molecule has 0 aliphatic rings. The molecule has 2 atom stereocenters. The van der Waals surface area contributed by atoms with Crippen LogP contribution in [0.5, 0.6) is 0 Å². The van der Waals surface area contributed by atoms with Gasteiger partial charge in [0.15, 0.2) is 0 Å². The Kier molecular flexibility index (Phi) is 6.85. The van der Waals surface area contributed by atoms with Gasteiger partial charge in [-0.05, 0) is 48.3 Å². The van der Waals surface area contributed by atoms with Gasteiger partial charge in [0.2, 0.25) is 0 Å². The molecule has 0 saturated carbocycles. The lowest BCUT2D eigenvalue weighted by Crippen LogP contribution is -2.31. The first-order valence-corrected chi connectivity index (χ1v) is 8.90. The molecule has 1 nitrogen and oxygen atoms in total. The van der Waals surface area contributed by atoms with E-state index in [1.807, 2.05) is 0 Å². The summed E-state index contributed by atoms with van der Waals surface area (Å²) in [6.45, 7) is 10.1. The van der Waals surface area contributed by atoms with E-state index in [4.69, 9.17) is 0 Å². The van der Waals surface area contributed by atoms with Crippen molar-refractivity contribution in [1.29, 1.82) is 0 Å². The summed E-state index contributed by atoms with van der Waals surface area (Å²) in [4.78, 5) is 0. The van der Waals surface area contributed by atoms with Gasteiger partial charge in [-0.15, -0.1) is 0 Å². The quantitative estimate of drug-likeness (QED) is 0.706. The number of benzene rings is 2. The molecule has 1 heteroatoms. The van der Waals surface area contributed by atoms with E-state index in [0.29, 0.717) is 12.0 Å². The third-order valence-electron chi connectivity index (χ3n) is 4.35. The molecule has 0 aliphatic heterocycles. The summed E-state index contributed by atoms with van der Waals surface area (Å²) < 4.78 is 0. The standard InChI is InChI=1S/C22H31N/c1-17(2)14-21-10-12-22(13-11-21)18(3)16-23-19(4)15-20-8-6-5-7-9-20/h5-13,17-19,23H,14-16H2,1-4H3. The molecule has 0 heterocycles. The van der Waals surface area contributed by atoms with E-state index in [1.54, 1.807) is 0 Å². The average molecular weight is 309 g/mol. The fourth-order valence-electron chi connectivity index (χ4n) is 2.99. The molecule has 23 heavy (non-hydrogen) atoms. The van der Waals surface area contributed by atoms with Crippen LogP contribution in [0.3, 0.4) is 0 Å². The molecule has 2 aromatic rings. The summed E-state index contributed by atoms with van der Waals surface area (Å²) >= 11 is 0. The second-order valence-electron chi connectivity index (χ2n) is 7.24. The van der Waals surface area contributed by atoms with E-state index in [-0.39, 0.29) is 0 Å². The van der Waals surface area contributed by atoms with Crippen LogP contribution < -0.4 is 5.32 Å². The van der Waals surface area contributed by atoms with E-state index in [0.717, 1.165) is 18.9 Å². The largest absolute Gasteiger partial charge is 0.313 e. The predicted molar refractivity (Wildman–Crippen MR) is 101 cm³/mol. The van der Waals surface area contributed by atoms with Crippen LogP contribution in [0, 0.1) is 5.92 Å². The molecule has 0 saturated heterocycles. The smallest absolute Gasteiger partial charge is 0.00793 e. The minimum absolute atomic E-state index is 0.500. The fourth-order valence-corrected chi connectivity index (χ4v) is 2.99. The van der Waals surface area contributed by atoms with Crippen LogP contribution in [0.1, 0.15) is 50.3 Å². The van der Waals surface area contributed by atoms with E-state index in [2.05, 4.69) is 87.6 Å².